The van der Waals surface area contributed by atoms with Gasteiger partial charge in [-0.05, 0) is 44.4 Å². The Morgan fingerprint density at radius 2 is 2.21 bits per heavy atom. The van der Waals surface area contributed by atoms with Crippen LogP contribution in [0, 0.1) is 0 Å². The molecule has 1 aromatic carbocycles. The number of halogens is 1. The smallest absolute Gasteiger partial charge is 0.278 e. The number of imidazole rings is 1. The molecule has 8 nitrogen and oxygen atoms in total. The zero-order valence-corrected chi connectivity index (χ0v) is 16.9. The van der Waals surface area contributed by atoms with Crippen molar-refractivity contribution in [2.75, 3.05) is 6.61 Å². The first-order chi connectivity index (χ1) is 14.1. The third-order valence-electron chi connectivity index (χ3n) is 5.54. The van der Waals surface area contributed by atoms with Gasteiger partial charge in [-0.15, -0.1) is 0 Å². The van der Waals surface area contributed by atoms with Gasteiger partial charge < -0.3 is 13.8 Å². The Morgan fingerprint density at radius 3 is 2.97 bits per heavy atom. The van der Waals surface area contributed by atoms with Gasteiger partial charge in [0.2, 0.25) is 5.82 Å². The van der Waals surface area contributed by atoms with Crippen LogP contribution in [0.5, 0.6) is 0 Å². The largest absolute Gasteiger partial charge is 0.368 e. The number of hydrogen-bond acceptors (Lipinski definition) is 6. The highest BCUT2D eigenvalue weighted by Crippen LogP contribution is 2.30. The SMILES string of the molecule is CCC(C)n1c(=O)c2c(-c3noc(C4CCCO4)n3)ncn2c2ccc(Cl)cc21. The van der Waals surface area contributed by atoms with Gasteiger partial charge >= 0.3 is 0 Å². The Bertz CT molecular complexity index is 1270. The van der Waals surface area contributed by atoms with E-state index in [4.69, 9.17) is 20.9 Å². The lowest BCUT2D eigenvalue weighted by Crippen LogP contribution is -2.25. The Balaban J connectivity index is 1.77. The fraction of sp³-hybridized carbons (Fsp3) is 0.400. The summed E-state index contributed by atoms with van der Waals surface area (Å²) in [6.07, 6.45) is 4.03. The minimum absolute atomic E-state index is 0.0102. The van der Waals surface area contributed by atoms with Crippen molar-refractivity contribution < 1.29 is 9.26 Å². The maximum atomic E-state index is 13.5. The number of ether oxygens (including phenoxy) is 1. The molecule has 1 aliphatic heterocycles. The highest BCUT2D eigenvalue weighted by molar-refractivity contribution is 6.31. The fourth-order valence-corrected chi connectivity index (χ4v) is 4.04. The molecule has 0 aliphatic carbocycles. The van der Waals surface area contributed by atoms with Crippen molar-refractivity contribution in [2.45, 2.75) is 45.3 Å². The third-order valence-corrected chi connectivity index (χ3v) is 5.77. The van der Waals surface area contributed by atoms with Crippen LogP contribution in [0.3, 0.4) is 0 Å². The number of nitrogens with zero attached hydrogens (tertiary/aromatic N) is 5. The molecular formula is C20H20ClN5O3. The van der Waals surface area contributed by atoms with Gasteiger partial charge in [0.05, 0.1) is 11.0 Å². The topological polar surface area (TPSA) is 87.5 Å². The number of benzene rings is 1. The molecule has 1 fully saturated rings. The van der Waals surface area contributed by atoms with E-state index in [0.717, 1.165) is 30.3 Å². The monoisotopic (exact) mass is 413 g/mol. The van der Waals surface area contributed by atoms with E-state index in [9.17, 15) is 4.79 Å². The van der Waals surface area contributed by atoms with Crippen LogP contribution in [-0.2, 0) is 4.74 Å². The summed E-state index contributed by atoms with van der Waals surface area (Å²) in [6, 6.07) is 5.50. The molecule has 5 rings (SSSR count). The van der Waals surface area contributed by atoms with E-state index in [1.807, 2.05) is 26.0 Å². The number of hydrogen-bond donors (Lipinski definition) is 0. The first-order valence-electron chi connectivity index (χ1n) is 9.75. The van der Waals surface area contributed by atoms with Crippen LogP contribution < -0.4 is 5.56 Å². The lowest BCUT2D eigenvalue weighted by atomic mass is 10.2. The van der Waals surface area contributed by atoms with Gasteiger partial charge in [-0.1, -0.05) is 23.7 Å². The second-order valence-electron chi connectivity index (χ2n) is 7.34. The van der Waals surface area contributed by atoms with Crippen molar-refractivity contribution >= 4 is 28.2 Å². The van der Waals surface area contributed by atoms with E-state index < -0.39 is 0 Å². The lowest BCUT2D eigenvalue weighted by Gasteiger charge is -2.18. The average Bonchev–Trinajstić information content (AvgIpc) is 3.46. The molecule has 0 bridgehead atoms. The second-order valence-corrected chi connectivity index (χ2v) is 7.77. The van der Waals surface area contributed by atoms with E-state index >= 15 is 0 Å². The summed E-state index contributed by atoms with van der Waals surface area (Å²) in [4.78, 5) is 22.4. The van der Waals surface area contributed by atoms with E-state index in [1.54, 1.807) is 21.4 Å². The summed E-state index contributed by atoms with van der Waals surface area (Å²) in [7, 11) is 0. The summed E-state index contributed by atoms with van der Waals surface area (Å²) < 4.78 is 14.6. The van der Waals surface area contributed by atoms with Gasteiger partial charge in [0.25, 0.3) is 11.4 Å². The standard InChI is InChI=1S/C20H20ClN5O3/c1-3-11(2)26-14-9-12(21)6-7-13(14)25-10-22-16(17(25)20(26)27)18-23-19(29-24-18)15-5-4-8-28-15/h6-7,9-11,15H,3-5,8H2,1-2H3. The van der Waals surface area contributed by atoms with Crippen LogP contribution in [0.4, 0.5) is 0 Å². The van der Waals surface area contributed by atoms with Crippen molar-refractivity contribution in [1.29, 1.82) is 0 Å². The number of rotatable bonds is 4. The molecule has 0 saturated carbocycles. The van der Waals surface area contributed by atoms with Crippen LogP contribution in [0.25, 0.3) is 28.1 Å². The van der Waals surface area contributed by atoms with E-state index in [0.29, 0.717) is 34.6 Å². The molecule has 0 amide bonds. The van der Waals surface area contributed by atoms with Crippen LogP contribution in [-0.4, -0.2) is 30.7 Å². The Morgan fingerprint density at radius 1 is 1.34 bits per heavy atom. The zero-order chi connectivity index (χ0) is 20.1. The van der Waals surface area contributed by atoms with Gasteiger partial charge in [0.15, 0.2) is 0 Å². The Labute approximate surface area is 171 Å². The third kappa shape index (κ3) is 2.86. The quantitative estimate of drug-likeness (QED) is 0.498. The van der Waals surface area contributed by atoms with Crippen molar-refractivity contribution in [1.82, 2.24) is 24.1 Å². The van der Waals surface area contributed by atoms with Gasteiger partial charge in [-0.3, -0.25) is 9.20 Å². The lowest BCUT2D eigenvalue weighted by molar-refractivity contribution is 0.0835. The molecule has 2 atom stereocenters. The fourth-order valence-electron chi connectivity index (χ4n) is 3.87. The van der Waals surface area contributed by atoms with E-state index in [-0.39, 0.29) is 17.7 Å². The van der Waals surface area contributed by atoms with Gasteiger partial charge in [0, 0.05) is 17.7 Å². The number of aromatic nitrogens is 5. The molecule has 9 heteroatoms. The van der Waals surface area contributed by atoms with Crippen molar-refractivity contribution in [3.63, 3.8) is 0 Å². The maximum absolute atomic E-state index is 13.5. The van der Waals surface area contributed by atoms with Crippen molar-refractivity contribution in [3.05, 3.63) is 45.8 Å². The second kappa shape index (κ2) is 6.96. The molecular weight excluding hydrogens is 394 g/mol. The molecule has 1 aliphatic rings. The minimum Gasteiger partial charge on any atom is -0.368 e. The molecule has 29 heavy (non-hydrogen) atoms. The summed E-state index contributed by atoms with van der Waals surface area (Å²) in [5, 5.41) is 4.65. The zero-order valence-electron chi connectivity index (χ0n) is 16.1. The normalized spacial score (nSPS) is 18.1. The molecule has 150 valence electrons. The summed E-state index contributed by atoms with van der Waals surface area (Å²) in [5.74, 6) is 0.715. The highest BCUT2D eigenvalue weighted by Gasteiger charge is 2.27. The minimum atomic E-state index is -0.190. The molecule has 3 aromatic heterocycles. The van der Waals surface area contributed by atoms with Crippen LogP contribution >= 0.6 is 11.6 Å². The molecule has 0 spiro atoms. The molecule has 1 saturated heterocycles. The summed E-state index contributed by atoms with van der Waals surface area (Å²) in [6.45, 7) is 4.74. The van der Waals surface area contributed by atoms with Gasteiger partial charge in [-0.25, -0.2) is 4.98 Å². The Kier molecular flexibility index (Phi) is 4.40. The van der Waals surface area contributed by atoms with Crippen LogP contribution in [0.15, 0.2) is 33.8 Å². The highest BCUT2D eigenvalue weighted by atomic mass is 35.5. The van der Waals surface area contributed by atoms with Crippen LogP contribution in [0.1, 0.15) is 51.1 Å². The van der Waals surface area contributed by atoms with Gasteiger partial charge in [-0.2, -0.15) is 4.98 Å². The van der Waals surface area contributed by atoms with E-state index in [1.165, 1.54) is 0 Å². The maximum Gasteiger partial charge on any atom is 0.278 e. The molecule has 4 aromatic rings. The van der Waals surface area contributed by atoms with Crippen molar-refractivity contribution in [2.24, 2.45) is 0 Å². The summed E-state index contributed by atoms with van der Waals surface area (Å²) in [5.41, 5.74) is 2.26. The van der Waals surface area contributed by atoms with E-state index in [2.05, 4.69) is 15.1 Å². The predicted molar refractivity (Wildman–Crippen MR) is 108 cm³/mol. The Hall–Kier alpha value is -2.71. The van der Waals surface area contributed by atoms with Crippen molar-refractivity contribution in [3.8, 4) is 11.5 Å². The predicted octanol–water partition coefficient (Wildman–Crippen LogP) is 4.18. The molecule has 2 unspecified atom stereocenters. The van der Waals surface area contributed by atoms with Gasteiger partial charge in [0.1, 0.15) is 23.6 Å². The summed E-state index contributed by atoms with van der Waals surface area (Å²) >= 11 is 6.22. The average molecular weight is 414 g/mol. The first-order valence-corrected chi connectivity index (χ1v) is 10.1. The molecule has 0 radical (unpaired) electrons. The molecule has 4 heterocycles. The first kappa shape index (κ1) is 18.3. The van der Waals surface area contributed by atoms with Crippen LogP contribution in [0.2, 0.25) is 5.02 Å². The molecule has 0 N–H and O–H groups in total. The number of fused-ring (bicyclic) bond motifs is 3.